The fraction of sp³-hybridized carbons (Fsp3) is 1.00. The Balaban J connectivity index is 3.48. The molecule has 176 valence electrons. The molecule has 0 aromatic rings. The SMILES string of the molecule is CCCCCCCCCCC(O)CCCCCCCCC(CCCC)S(=O)(=O)O. The Labute approximate surface area is 182 Å². The molecule has 0 heterocycles. The molecule has 0 saturated carbocycles. The molecule has 0 saturated heterocycles. The largest absolute Gasteiger partial charge is 0.393 e. The van der Waals surface area contributed by atoms with Crippen LogP contribution < -0.4 is 0 Å². The predicted molar refractivity (Wildman–Crippen MR) is 125 cm³/mol. The molecule has 0 aromatic heterocycles. The Hall–Kier alpha value is -0.130. The molecule has 0 spiro atoms. The summed E-state index contributed by atoms with van der Waals surface area (Å²) >= 11 is 0. The summed E-state index contributed by atoms with van der Waals surface area (Å²) < 4.78 is 32.1. The van der Waals surface area contributed by atoms with Gasteiger partial charge in [0.2, 0.25) is 0 Å². The lowest BCUT2D eigenvalue weighted by Gasteiger charge is -2.13. The molecule has 0 amide bonds. The molecule has 2 unspecified atom stereocenters. The summed E-state index contributed by atoms with van der Waals surface area (Å²) in [5, 5.41) is 9.52. The number of unbranched alkanes of at least 4 members (excludes halogenated alkanes) is 13. The third-order valence-electron chi connectivity index (χ3n) is 6.01. The molecule has 0 aliphatic rings. The van der Waals surface area contributed by atoms with Crippen molar-refractivity contribution in [3.63, 3.8) is 0 Å². The second-order valence-electron chi connectivity index (χ2n) is 8.90. The molecular weight excluding hydrogens is 384 g/mol. The highest BCUT2D eigenvalue weighted by Crippen LogP contribution is 2.18. The van der Waals surface area contributed by atoms with E-state index >= 15 is 0 Å². The van der Waals surface area contributed by atoms with Crippen LogP contribution in [-0.4, -0.2) is 29.4 Å². The lowest BCUT2D eigenvalue weighted by Crippen LogP contribution is -2.20. The van der Waals surface area contributed by atoms with Gasteiger partial charge in [-0.15, -0.1) is 0 Å². The minimum absolute atomic E-state index is 0.135. The molecule has 0 rings (SSSR count). The topological polar surface area (TPSA) is 74.6 Å². The molecule has 5 heteroatoms. The van der Waals surface area contributed by atoms with Crippen molar-refractivity contribution in [3.8, 4) is 0 Å². The van der Waals surface area contributed by atoms with Crippen LogP contribution in [-0.2, 0) is 10.1 Å². The van der Waals surface area contributed by atoms with Crippen LogP contribution in [0.4, 0.5) is 0 Å². The van der Waals surface area contributed by atoms with Crippen molar-refractivity contribution in [2.45, 2.75) is 154 Å². The van der Waals surface area contributed by atoms with Crippen LogP contribution >= 0.6 is 0 Å². The Morgan fingerprint density at radius 1 is 0.552 bits per heavy atom. The average molecular weight is 435 g/mol. The fourth-order valence-electron chi connectivity index (χ4n) is 3.99. The van der Waals surface area contributed by atoms with Gasteiger partial charge in [0.05, 0.1) is 11.4 Å². The number of aliphatic hydroxyl groups is 1. The first-order valence-electron chi connectivity index (χ1n) is 12.6. The summed E-state index contributed by atoms with van der Waals surface area (Å²) in [5.41, 5.74) is 0. The van der Waals surface area contributed by atoms with Crippen molar-refractivity contribution in [2.24, 2.45) is 0 Å². The quantitative estimate of drug-likeness (QED) is 0.137. The third-order valence-corrected chi connectivity index (χ3v) is 7.32. The first-order valence-corrected chi connectivity index (χ1v) is 14.1. The smallest absolute Gasteiger partial charge is 0.267 e. The highest BCUT2D eigenvalue weighted by atomic mass is 32.2. The molecule has 2 atom stereocenters. The zero-order chi connectivity index (χ0) is 21.8. The van der Waals surface area contributed by atoms with Crippen molar-refractivity contribution in [1.29, 1.82) is 0 Å². The zero-order valence-corrected chi connectivity index (χ0v) is 20.2. The van der Waals surface area contributed by atoms with E-state index in [0.717, 1.165) is 70.6 Å². The van der Waals surface area contributed by atoms with Gasteiger partial charge in [-0.1, -0.05) is 117 Å². The van der Waals surface area contributed by atoms with Crippen molar-refractivity contribution in [3.05, 3.63) is 0 Å². The molecule has 0 bridgehead atoms. The average Bonchev–Trinajstić information content (AvgIpc) is 2.67. The molecule has 0 aliphatic heterocycles. The zero-order valence-electron chi connectivity index (χ0n) is 19.4. The van der Waals surface area contributed by atoms with Crippen molar-refractivity contribution < 1.29 is 18.1 Å². The van der Waals surface area contributed by atoms with E-state index in [4.69, 9.17) is 0 Å². The Morgan fingerprint density at radius 2 is 0.897 bits per heavy atom. The minimum Gasteiger partial charge on any atom is -0.393 e. The number of rotatable bonds is 22. The highest BCUT2D eigenvalue weighted by Gasteiger charge is 2.21. The number of hydrogen-bond donors (Lipinski definition) is 2. The lowest BCUT2D eigenvalue weighted by molar-refractivity contribution is 0.147. The van der Waals surface area contributed by atoms with Gasteiger partial charge in [-0.2, -0.15) is 8.42 Å². The van der Waals surface area contributed by atoms with Gasteiger partial charge in [-0.25, -0.2) is 0 Å². The summed E-state index contributed by atoms with van der Waals surface area (Å²) in [6.07, 6.45) is 21.6. The molecule has 4 nitrogen and oxygen atoms in total. The van der Waals surface area contributed by atoms with Gasteiger partial charge in [0.1, 0.15) is 0 Å². The van der Waals surface area contributed by atoms with E-state index in [9.17, 15) is 18.1 Å². The molecule has 29 heavy (non-hydrogen) atoms. The highest BCUT2D eigenvalue weighted by molar-refractivity contribution is 7.86. The minimum atomic E-state index is -3.89. The maximum absolute atomic E-state index is 11.4. The maximum atomic E-state index is 11.4. The number of aliphatic hydroxyl groups excluding tert-OH is 1. The molecule has 0 aliphatic carbocycles. The summed E-state index contributed by atoms with van der Waals surface area (Å²) in [5.74, 6) is 0. The van der Waals surface area contributed by atoms with Crippen LogP contribution in [0.15, 0.2) is 0 Å². The summed E-state index contributed by atoms with van der Waals surface area (Å²) in [4.78, 5) is 0. The van der Waals surface area contributed by atoms with Crippen molar-refractivity contribution in [1.82, 2.24) is 0 Å². The van der Waals surface area contributed by atoms with Crippen LogP contribution in [0.3, 0.4) is 0 Å². The van der Waals surface area contributed by atoms with Crippen LogP contribution in [0, 0.1) is 0 Å². The standard InChI is InChI=1S/C24H50O4S/c1-3-5-7-8-9-10-13-16-19-23(25)20-17-14-11-12-15-18-22-24(21-6-4-2)29(26,27)28/h23-25H,3-22H2,1-2H3,(H,26,27,28). The van der Waals surface area contributed by atoms with E-state index in [1.165, 1.54) is 44.9 Å². The van der Waals surface area contributed by atoms with Gasteiger partial charge in [-0.05, 0) is 25.7 Å². The second-order valence-corrected chi connectivity index (χ2v) is 10.6. The number of hydrogen-bond acceptors (Lipinski definition) is 3. The van der Waals surface area contributed by atoms with Crippen LogP contribution in [0.5, 0.6) is 0 Å². The van der Waals surface area contributed by atoms with E-state index in [0.29, 0.717) is 12.8 Å². The van der Waals surface area contributed by atoms with Crippen molar-refractivity contribution in [2.75, 3.05) is 0 Å². The van der Waals surface area contributed by atoms with Crippen LogP contribution in [0.1, 0.15) is 142 Å². The molecule has 0 aromatic carbocycles. The Morgan fingerprint density at radius 3 is 1.31 bits per heavy atom. The Kier molecular flexibility index (Phi) is 19.7. The molecular formula is C24H50O4S. The third kappa shape index (κ3) is 19.6. The van der Waals surface area contributed by atoms with Gasteiger partial charge in [0.15, 0.2) is 0 Å². The summed E-state index contributed by atoms with van der Waals surface area (Å²) in [6.45, 7) is 4.28. The van der Waals surface area contributed by atoms with Crippen LogP contribution in [0.2, 0.25) is 0 Å². The molecule has 0 radical (unpaired) electrons. The van der Waals surface area contributed by atoms with Gasteiger partial charge >= 0.3 is 0 Å². The molecule has 2 N–H and O–H groups in total. The maximum Gasteiger partial charge on any atom is 0.267 e. The van der Waals surface area contributed by atoms with E-state index in [-0.39, 0.29) is 6.10 Å². The predicted octanol–water partition coefficient (Wildman–Crippen LogP) is 7.45. The Bertz CT molecular complexity index is 436. The lowest BCUT2D eigenvalue weighted by atomic mass is 10.0. The second kappa shape index (κ2) is 19.8. The normalized spacial score (nSPS) is 14.2. The first kappa shape index (κ1) is 28.9. The fourth-order valence-corrected chi connectivity index (χ4v) is 4.92. The summed E-state index contributed by atoms with van der Waals surface area (Å²) in [7, 11) is -3.89. The van der Waals surface area contributed by atoms with Gasteiger partial charge in [-0.3, -0.25) is 4.55 Å². The van der Waals surface area contributed by atoms with E-state index in [1.54, 1.807) is 0 Å². The van der Waals surface area contributed by atoms with E-state index in [1.807, 2.05) is 6.92 Å². The van der Waals surface area contributed by atoms with Crippen LogP contribution in [0.25, 0.3) is 0 Å². The summed E-state index contributed by atoms with van der Waals surface area (Å²) in [6, 6.07) is 0. The van der Waals surface area contributed by atoms with Gasteiger partial charge < -0.3 is 5.11 Å². The van der Waals surface area contributed by atoms with Crippen molar-refractivity contribution >= 4 is 10.1 Å². The molecule has 0 fully saturated rings. The van der Waals surface area contributed by atoms with Gasteiger partial charge in [0, 0.05) is 0 Å². The van der Waals surface area contributed by atoms with E-state index < -0.39 is 15.4 Å². The van der Waals surface area contributed by atoms with Gasteiger partial charge in [0.25, 0.3) is 10.1 Å². The van der Waals surface area contributed by atoms with E-state index in [2.05, 4.69) is 6.92 Å². The first-order chi connectivity index (χ1) is 13.9. The monoisotopic (exact) mass is 434 g/mol.